The first-order chi connectivity index (χ1) is 19.5. The number of β-amino-alcohol motifs (C(OH)–C–C–N with tert-alkyl or cyclic N) is 1. The third kappa shape index (κ3) is 5.52. The summed E-state index contributed by atoms with van der Waals surface area (Å²) < 4.78 is 1.26. The van der Waals surface area contributed by atoms with Gasteiger partial charge in [-0.05, 0) is 23.8 Å². The molecule has 0 radical (unpaired) electrons. The molecule has 16 nitrogen and oxygen atoms in total. The van der Waals surface area contributed by atoms with Gasteiger partial charge in [-0.2, -0.15) is 0 Å². The smallest absolute Gasteiger partial charge is 0.353 e. The molecule has 4 aliphatic rings. The molecule has 7 N–H and O–H groups in total. The van der Waals surface area contributed by atoms with Gasteiger partial charge in [-0.1, -0.05) is 6.92 Å². The molecule has 0 bridgehead atoms. The summed E-state index contributed by atoms with van der Waals surface area (Å²) in [6.45, 7) is 4.49. The molecular formula is C24H34N10O6S. The molecule has 0 saturated carbocycles. The van der Waals surface area contributed by atoms with Crippen molar-refractivity contribution >= 4 is 41.3 Å². The standard InChI is InChI=1S/C24H34N10O6S/c1-10-19-18(11(2)29-17(36)8-33-9-28-30-31-33)23(38)34(19)20(24(39)40)21(10)41-13-4-14(27-5-13)22(37)32-6-12(3-16(25)26)15(35)7-32/h9-15,18-19,27,35H,3-8H2,1-2H3,(H3,25,26)(H,29,36)(H,39,40)/t10-,11-,12?,13+,14+,15+,18-,19-/m1/s1. The zero-order valence-corrected chi connectivity index (χ0v) is 23.5. The number of carbonyl (C=O) groups is 4. The number of amides is 3. The number of hydrogen-bond acceptors (Lipinski definition) is 11. The second kappa shape index (κ2) is 11.4. The number of carboxylic acid groups (broad SMARTS) is 1. The molecule has 8 atom stereocenters. The van der Waals surface area contributed by atoms with E-state index in [0.717, 1.165) is 0 Å². The van der Waals surface area contributed by atoms with Crippen molar-refractivity contribution in [3.63, 3.8) is 0 Å². The van der Waals surface area contributed by atoms with Crippen LogP contribution in [0.25, 0.3) is 0 Å². The molecule has 41 heavy (non-hydrogen) atoms. The number of carboxylic acids is 1. The average molecular weight is 591 g/mol. The fourth-order valence-electron chi connectivity index (χ4n) is 6.38. The Morgan fingerprint density at radius 1 is 1.34 bits per heavy atom. The third-order valence-corrected chi connectivity index (χ3v) is 9.81. The Labute approximate surface area is 239 Å². The van der Waals surface area contributed by atoms with Gasteiger partial charge < -0.3 is 36.4 Å². The Balaban J connectivity index is 1.21. The summed E-state index contributed by atoms with van der Waals surface area (Å²) in [7, 11) is 0. The van der Waals surface area contributed by atoms with Gasteiger partial charge >= 0.3 is 5.97 Å². The van der Waals surface area contributed by atoms with Crippen LogP contribution in [-0.2, 0) is 25.7 Å². The number of nitrogens with two attached hydrogens (primary N) is 1. The normalized spacial score (nSPS) is 31.7. The van der Waals surface area contributed by atoms with Crippen molar-refractivity contribution in [2.24, 2.45) is 23.5 Å². The molecule has 5 rings (SSSR count). The summed E-state index contributed by atoms with van der Waals surface area (Å²) in [4.78, 5) is 54.6. The third-order valence-electron chi connectivity index (χ3n) is 8.30. The van der Waals surface area contributed by atoms with E-state index in [1.165, 1.54) is 27.7 Å². The number of hydrogen-bond donors (Lipinski definition) is 6. The van der Waals surface area contributed by atoms with Gasteiger partial charge in [-0.3, -0.25) is 19.8 Å². The van der Waals surface area contributed by atoms with Crippen molar-refractivity contribution in [1.29, 1.82) is 5.41 Å². The first kappa shape index (κ1) is 28.9. The van der Waals surface area contributed by atoms with Crippen molar-refractivity contribution in [1.82, 2.24) is 40.6 Å². The van der Waals surface area contributed by atoms with Gasteiger partial charge in [0.05, 0.1) is 29.9 Å². The minimum absolute atomic E-state index is 0.0291. The summed E-state index contributed by atoms with van der Waals surface area (Å²) in [5.74, 6) is -3.21. The zero-order chi connectivity index (χ0) is 29.6. The number of thioether (sulfide) groups is 1. The highest BCUT2D eigenvalue weighted by Gasteiger charge is 2.60. The molecule has 5 heterocycles. The molecule has 3 amide bonds. The monoisotopic (exact) mass is 590 g/mol. The second-order valence-electron chi connectivity index (χ2n) is 11.1. The van der Waals surface area contributed by atoms with Crippen LogP contribution < -0.4 is 16.4 Å². The van der Waals surface area contributed by atoms with Crippen LogP contribution in [0.15, 0.2) is 16.9 Å². The second-order valence-corrected chi connectivity index (χ2v) is 12.5. The van der Waals surface area contributed by atoms with Gasteiger partial charge in [0.2, 0.25) is 17.7 Å². The number of aliphatic hydroxyl groups excluding tert-OH is 1. The first-order valence-corrected chi connectivity index (χ1v) is 14.3. The summed E-state index contributed by atoms with van der Waals surface area (Å²) in [5.41, 5.74) is 5.44. The molecule has 0 aliphatic carbocycles. The predicted octanol–water partition coefficient (Wildman–Crippen LogP) is -2.44. The van der Waals surface area contributed by atoms with Gasteiger partial charge in [0.15, 0.2) is 0 Å². The van der Waals surface area contributed by atoms with Gasteiger partial charge in [0, 0.05) is 54.1 Å². The lowest BCUT2D eigenvalue weighted by Crippen LogP contribution is -2.66. The van der Waals surface area contributed by atoms with E-state index in [1.54, 1.807) is 11.8 Å². The van der Waals surface area contributed by atoms with E-state index in [-0.39, 0.29) is 65.9 Å². The number of amidine groups is 1. The van der Waals surface area contributed by atoms with E-state index in [2.05, 4.69) is 26.2 Å². The number of nitrogens with zero attached hydrogens (tertiary/aromatic N) is 6. The van der Waals surface area contributed by atoms with E-state index < -0.39 is 36.1 Å². The number of rotatable bonds is 10. The maximum atomic E-state index is 13.2. The Morgan fingerprint density at radius 3 is 2.76 bits per heavy atom. The van der Waals surface area contributed by atoms with Crippen molar-refractivity contribution in [3.05, 3.63) is 16.9 Å². The fraction of sp³-hybridized carbons (Fsp3) is 0.667. The number of tetrazole rings is 1. The molecule has 0 aromatic carbocycles. The Bertz CT molecular complexity index is 1270. The molecule has 4 aliphatic heterocycles. The minimum Gasteiger partial charge on any atom is -0.477 e. The van der Waals surface area contributed by atoms with Gasteiger partial charge in [0.1, 0.15) is 18.6 Å². The fourth-order valence-corrected chi connectivity index (χ4v) is 7.86. The Kier molecular flexibility index (Phi) is 8.02. The van der Waals surface area contributed by atoms with Crippen LogP contribution in [0.5, 0.6) is 0 Å². The van der Waals surface area contributed by atoms with Crippen LogP contribution in [0, 0.1) is 23.2 Å². The molecule has 1 aromatic rings. The van der Waals surface area contributed by atoms with Crippen LogP contribution in [-0.4, -0.2) is 119 Å². The molecule has 1 aromatic heterocycles. The summed E-state index contributed by atoms with van der Waals surface area (Å²) in [6.07, 6.45) is 1.26. The number of carbonyl (C=O) groups excluding carboxylic acids is 3. The van der Waals surface area contributed by atoms with E-state index in [1.807, 2.05) is 6.92 Å². The summed E-state index contributed by atoms with van der Waals surface area (Å²) >= 11 is 1.38. The van der Waals surface area contributed by atoms with Gasteiger partial charge in [-0.25, -0.2) is 9.48 Å². The molecular weight excluding hydrogens is 556 g/mol. The summed E-state index contributed by atoms with van der Waals surface area (Å²) in [5, 5.41) is 44.4. The average Bonchev–Trinajstić information content (AvgIpc) is 3.68. The Morgan fingerprint density at radius 2 is 2.10 bits per heavy atom. The maximum absolute atomic E-state index is 13.2. The van der Waals surface area contributed by atoms with Crippen molar-refractivity contribution < 1.29 is 29.4 Å². The largest absolute Gasteiger partial charge is 0.477 e. The van der Waals surface area contributed by atoms with E-state index >= 15 is 0 Å². The quantitative estimate of drug-likeness (QED) is 0.0948. The minimum atomic E-state index is -1.19. The van der Waals surface area contributed by atoms with Crippen LogP contribution in [0.1, 0.15) is 26.7 Å². The van der Waals surface area contributed by atoms with Crippen LogP contribution >= 0.6 is 11.8 Å². The molecule has 3 fully saturated rings. The SMILES string of the molecule is C[C@@H](NC(=O)Cn1cnnn1)[C@H]1C(=O)N2C(C(=O)O)=C(S[C@@H]3CN[C@H](C(=O)N4CC(CC(=N)N)[C@@H](O)C4)C3)[C@H](C)[C@H]12. The highest BCUT2D eigenvalue weighted by atomic mass is 32.2. The molecule has 222 valence electrons. The van der Waals surface area contributed by atoms with Crippen molar-refractivity contribution in [3.8, 4) is 0 Å². The van der Waals surface area contributed by atoms with E-state index in [4.69, 9.17) is 11.1 Å². The van der Waals surface area contributed by atoms with Crippen LogP contribution in [0.4, 0.5) is 0 Å². The van der Waals surface area contributed by atoms with Gasteiger partial charge in [0.25, 0.3) is 0 Å². The Hall–Kier alpha value is -3.57. The highest BCUT2D eigenvalue weighted by Crippen LogP contribution is 2.51. The maximum Gasteiger partial charge on any atom is 0.353 e. The van der Waals surface area contributed by atoms with Crippen molar-refractivity contribution in [2.75, 3.05) is 19.6 Å². The van der Waals surface area contributed by atoms with Crippen molar-refractivity contribution in [2.45, 2.75) is 62.7 Å². The first-order valence-electron chi connectivity index (χ1n) is 13.5. The molecule has 0 spiro atoms. The molecule has 17 heteroatoms. The number of nitrogens with one attached hydrogen (secondary N) is 3. The highest BCUT2D eigenvalue weighted by molar-refractivity contribution is 8.03. The van der Waals surface area contributed by atoms with Gasteiger partial charge in [-0.15, -0.1) is 16.9 Å². The van der Waals surface area contributed by atoms with Crippen LogP contribution in [0.3, 0.4) is 0 Å². The molecule has 3 saturated heterocycles. The summed E-state index contributed by atoms with van der Waals surface area (Å²) in [6, 6.07) is -1.42. The number of β-lactam (4-membered cyclic amide) rings is 1. The van der Waals surface area contributed by atoms with E-state index in [0.29, 0.717) is 24.4 Å². The molecule has 1 unspecified atom stereocenters. The number of fused-ring (bicyclic) bond motifs is 1. The number of aliphatic carboxylic acids is 1. The number of aromatic nitrogens is 4. The lowest BCUT2D eigenvalue weighted by atomic mass is 9.78. The number of aliphatic hydroxyl groups is 1. The van der Waals surface area contributed by atoms with Crippen LogP contribution in [0.2, 0.25) is 0 Å². The predicted molar refractivity (Wildman–Crippen MR) is 144 cm³/mol. The zero-order valence-electron chi connectivity index (χ0n) is 22.6. The lowest BCUT2D eigenvalue weighted by Gasteiger charge is -2.47. The van der Waals surface area contributed by atoms with E-state index in [9.17, 15) is 29.4 Å². The topological polar surface area (TPSA) is 233 Å². The lowest BCUT2D eigenvalue weighted by molar-refractivity contribution is -0.158. The number of likely N-dealkylation sites (tertiary alicyclic amines) is 1.